The average Bonchev–Trinajstić information content (AvgIpc) is 3.59. The Morgan fingerprint density at radius 1 is 1.14 bits per heavy atom. The molecule has 1 aliphatic heterocycles. The summed E-state index contributed by atoms with van der Waals surface area (Å²) in [6.45, 7) is 2.12. The molecule has 1 unspecified atom stereocenters. The first kappa shape index (κ1) is 23.4. The Morgan fingerprint density at radius 2 is 1.94 bits per heavy atom. The second-order valence-corrected chi connectivity index (χ2v) is 9.51. The summed E-state index contributed by atoms with van der Waals surface area (Å²) < 4.78 is 12.1. The number of benzene rings is 1. The molecule has 1 fully saturated rings. The van der Waals surface area contributed by atoms with Crippen molar-refractivity contribution in [2.45, 2.75) is 37.9 Å². The number of hydrogen-bond acceptors (Lipinski definition) is 7. The maximum absolute atomic E-state index is 12.9. The lowest BCUT2D eigenvalue weighted by atomic mass is 9.97. The fourth-order valence-corrected chi connectivity index (χ4v) is 3.98. The van der Waals surface area contributed by atoms with Crippen LogP contribution in [0, 0.1) is 0 Å². The molecule has 1 aliphatic carbocycles. The van der Waals surface area contributed by atoms with Crippen LogP contribution in [0.2, 0.25) is 10.0 Å². The van der Waals surface area contributed by atoms with Gasteiger partial charge in [0.2, 0.25) is 0 Å². The normalized spacial score (nSPS) is 19.0. The molecule has 2 aliphatic rings. The minimum atomic E-state index is -0.682. The molecule has 1 N–H and O–H groups in total. The Kier molecular flexibility index (Phi) is 6.49. The lowest BCUT2D eigenvalue weighted by molar-refractivity contribution is -0.0362. The van der Waals surface area contributed by atoms with Crippen LogP contribution in [0.5, 0.6) is 11.5 Å². The van der Waals surface area contributed by atoms with Crippen molar-refractivity contribution in [3.05, 3.63) is 76.3 Å². The number of aromatic nitrogens is 2. The van der Waals surface area contributed by atoms with Gasteiger partial charge in [0.05, 0.1) is 27.5 Å². The Morgan fingerprint density at radius 3 is 2.66 bits per heavy atom. The first-order chi connectivity index (χ1) is 16.9. The summed E-state index contributed by atoms with van der Waals surface area (Å²) in [4.78, 5) is 26.7. The number of halogens is 2. The van der Waals surface area contributed by atoms with E-state index in [0.717, 1.165) is 24.1 Å². The van der Waals surface area contributed by atoms with Crippen molar-refractivity contribution in [2.24, 2.45) is 5.16 Å². The summed E-state index contributed by atoms with van der Waals surface area (Å²) in [7, 11) is 0. The molecule has 1 aromatic carbocycles. The van der Waals surface area contributed by atoms with Crippen LogP contribution >= 0.6 is 23.2 Å². The van der Waals surface area contributed by atoms with Crippen LogP contribution in [0.4, 0.5) is 5.69 Å². The molecule has 5 rings (SSSR count). The average molecular weight is 513 g/mol. The quantitative estimate of drug-likeness (QED) is 0.425. The fourth-order valence-electron chi connectivity index (χ4n) is 3.52. The van der Waals surface area contributed by atoms with Gasteiger partial charge in [-0.05, 0) is 50.1 Å². The van der Waals surface area contributed by atoms with Gasteiger partial charge in [-0.3, -0.25) is 14.8 Å². The van der Waals surface area contributed by atoms with Gasteiger partial charge in [-0.1, -0.05) is 28.4 Å². The lowest BCUT2D eigenvalue weighted by Gasteiger charge is -2.23. The Labute approximate surface area is 212 Å². The van der Waals surface area contributed by atoms with Gasteiger partial charge >= 0.3 is 0 Å². The highest BCUT2D eigenvalue weighted by Crippen LogP contribution is 2.37. The highest BCUT2D eigenvalue weighted by Gasteiger charge is 2.36. The zero-order valence-electron chi connectivity index (χ0n) is 18.8. The van der Waals surface area contributed by atoms with E-state index in [2.05, 4.69) is 20.4 Å². The molecule has 2 aromatic heterocycles. The number of anilines is 1. The minimum absolute atomic E-state index is 0.158. The molecule has 0 saturated heterocycles. The summed E-state index contributed by atoms with van der Waals surface area (Å²) >= 11 is 12.3. The van der Waals surface area contributed by atoms with Crippen molar-refractivity contribution in [3.63, 3.8) is 0 Å². The first-order valence-electron chi connectivity index (χ1n) is 11.1. The zero-order valence-corrected chi connectivity index (χ0v) is 20.3. The topological polar surface area (TPSA) is 94.9 Å². The highest BCUT2D eigenvalue weighted by molar-refractivity contribution is 6.39. The number of pyridine rings is 2. The number of carbonyl (C=O) groups is 1. The highest BCUT2D eigenvalue weighted by atomic mass is 35.5. The van der Waals surface area contributed by atoms with Crippen molar-refractivity contribution in [2.75, 3.05) is 11.9 Å². The number of oxime groups is 1. The van der Waals surface area contributed by atoms with Crippen molar-refractivity contribution >= 4 is 40.5 Å². The number of hydrogen-bond donors (Lipinski definition) is 1. The molecule has 1 amide bonds. The van der Waals surface area contributed by atoms with E-state index in [0.29, 0.717) is 29.2 Å². The lowest BCUT2D eigenvalue weighted by Crippen LogP contribution is -2.33. The predicted octanol–water partition coefficient (Wildman–Crippen LogP) is 5.54. The molecule has 3 heterocycles. The van der Waals surface area contributed by atoms with Crippen molar-refractivity contribution in [3.8, 4) is 11.5 Å². The molecule has 0 radical (unpaired) electrons. The molecular weight excluding hydrogens is 491 g/mol. The van der Waals surface area contributed by atoms with Gasteiger partial charge in [0.1, 0.15) is 6.61 Å². The van der Waals surface area contributed by atoms with E-state index in [1.165, 1.54) is 12.4 Å². The molecular formula is C25H22Cl2N4O4. The van der Waals surface area contributed by atoms with Gasteiger partial charge in [0.15, 0.2) is 17.1 Å². The number of nitrogens with one attached hydrogen (secondary N) is 1. The van der Waals surface area contributed by atoms with E-state index in [1.54, 1.807) is 30.6 Å². The summed E-state index contributed by atoms with van der Waals surface area (Å²) in [5.74, 6) is 0.614. The summed E-state index contributed by atoms with van der Waals surface area (Å²) in [5.41, 5.74) is 1.68. The molecule has 0 bridgehead atoms. The number of nitrogens with zero attached hydrogens (tertiary/aromatic N) is 3. The smallest absolute Gasteiger partial charge is 0.255 e. The van der Waals surface area contributed by atoms with Crippen LogP contribution in [0.15, 0.2) is 60.3 Å². The van der Waals surface area contributed by atoms with Crippen LogP contribution < -0.4 is 14.8 Å². The second kappa shape index (κ2) is 9.71. The van der Waals surface area contributed by atoms with Gasteiger partial charge in [0, 0.05) is 42.3 Å². The fraction of sp³-hybridized carbons (Fsp3) is 0.280. The van der Waals surface area contributed by atoms with Gasteiger partial charge in [-0.2, -0.15) is 0 Å². The number of ether oxygens (including phenoxy) is 2. The largest absolute Gasteiger partial charge is 0.487 e. The summed E-state index contributed by atoms with van der Waals surface area (Å²) in [5, 5.41) is 7.45. The van der Waals surface area contributed by atoms with Gasteiger partial charge < -0.3 is 19.6 Å². The summed E-state index contributed by atoms with van der Waals surface area (Å²) in [6.07, 6.45) is 8.97. The third-order valence-corrected chi connectivity index (χ3v) is 6.13. The molecule has 1 saturated carbocycles. The monoisotopic (exact) mass is 512 g/mol. The molecule has 1 atom stereocenters. The van der Waals surface area contributed by atoms with E-state index in [1.807, 2.05) is 19.1 Å². The van der Waals surface area contributed by atoms with E-state index in [9.17, 15) is 4.79 Å². The van der Waals surface area contributed by atoms with E-state index in [-0.39, 0.29) is 22.8 Å². The van der Waals surface area contributed by atoms with Crippen molar-refractivity contribution in [1.29, 1.82) is 0 Å². The SMILES string of the molecule is CC1(COc2cc(C(=O)Nc3c(Cl)cncc3Cl)ccc2OC2CC2)CC(c2cccnc2)=NO1. The molecule has 180 valence electrons. The molecule has 10 heteroatoms. The van der Waals surface area contributed by atoms with E-state index >= 15 is 0 Å². The summed E-state index contributed by atoms with van der Waals surface area (Å²) in [6, 6.07) is 8.83. The minimum Gasteiger partial charge on any atom is -0.487 e. The maximum atomic E-state index is 12.9. The van der Waals surface area contributed by atoms with Gasteiger partial charge in [-0.15, -0.1) is 0 Å². The van der Waals surface area contributed by atoms with Crippen molar-refractivity contribution < 1.29 is 19.1 Å². The third kappa shape index (κ3) is 5.49. The van der Waals surface area contributed by atoms with Crippen LogP contribution in [-0.4, -0.2) is 39.9 Å². The molecule has 3 aromatic rings. The van der Waals surface area contributed by atoms with Crippen LogP contribution in [0.25, 0.3) is 0 Å². The molecule has 8 nitrogen and oxygen atoms in total. The zero-order chi connectivity index (χ0) is 24.4. The Hall–Kier alpha value is -3.36. The second-order valence-electron chi connectivity index (χ2n) is 8.70. The number of amides is 1. The van der Waals surface area contributed by atoms with Crippen molar-refractivity contribution in [1.82, 2.24) is 9.97 Å². The van der Waals surface area contributed by atoms with Crippen LogP contribution in [-0.2, 0) is 4.84 Å². The van der Waals surface area contributed by atoms with Crippen LogP contribution in [0.1, 0.15) is 42.1 Å². The Bertz CT molecular complexity index is 1260. The maximum Gasteiger partial charge on any atom is 0.255 e. The standard InChI is InChI=1S/C25H22Cl2N4O4/c1-25(10-20(31-35-25)16-3-2-8-28-11-16)14-33-22-9-15(4-7-21(22)34-17-5-6-17)24(32)30-23-18(26)12-29-13-19(23)27/h2-4,7-9,11-13,17H,5-6,10,14H2,1H3,(H,29,30,32). The third-order valence-electron chi connectivity index (χ3n) is 5.56. The first-order valence-corrected chi connectivity index (χ1v) is 11.9. The molecule has 35 heavy (non-hydrogen) atoms. The predicted molar refractivity (Wildman–Crippen MR) is 133 cm³/mol. The number of rotatable bonds is 8. The van der Waals surface area contributed by atoms with Gasteiger partial charge in [-0.25, -0.2) is 0 Å². The number of carbonyl (C=O) groups excluding carboxylic acids is 1. The van der Waals surface area contributed by atoms with Crippen LogP contribution in [0.3, 0.4) is 0 Å². The van der Waals surface area contributed by atoms with E-state index in [4.69, 9.17) is 37.5 Å². The Balaban J connectivity index is 1.32. The van der Waals surface area contributed by atoms with Gasteiger partial charge in [0.25, 0.3) is 5.91 Å². The van der Waals surface area contributed by atoms with E-state index < -0.39 is 11.5 Å². The molecule has 0 spiro atoms.